The van der Waals surface area contributed by atoms with Crippen LogP contribution in [0.4, 0.5) is 17.1 Å². The number of halogens is 2. The van der Waals surface area contributed by atoms with Gasteiger partial charge in [-0.15, -0.1) is 0 Å². The van der Waals surface area contributed by atoms with Crippen LogP contribution in [0.2, 0.25) is 10.0 Å². The molecule has 0 aliphatic rings. The first kappa shape index (κ1) is 29.7. The van der Waals surface area contributed by atoms with Crippen LogP contribution in [0.25, 0.3) is 43.4 Å². The molecule has 0 radical (unpaired) electrons. The molecule has 224 valence electrons. The maximum absolute atomic E-state index is 7.02. The molecule has 0 amide bonds. The average molecular weight is 627 g/mol. The lowest BCUT2D eigenvalue weighted by atomic mass is 9.83. The van der Waals surface area contributed by atoms with Gasteiger partial charge >= 0.3 is 0 Å². The summed E-state index contributed by atoms with van der Waals surface area (Å²) in [7, 11) is 0. The van der Waals surface area contributed by atoms with Gasteiger partial charge in [0, 0.05) is 11.3 Å². The number of benzene rings is 7. The maximum Gasteiger partial charge on any atom is 0.0832 e. The molecular weight excluding hydrogens is 589 g/mol. The zero-order chi connectivity index (χ0) is 31.7. The van der Waals surface area contributed by atoms with Crippen molar-refractivity contribution in [1.29, 1.82) is 0 Å². The van der Waals surface area contributed by atoms with Gasteiger partial charge in [0.1, 0.15) is 0 Å². The molecule has 7 rings (SSSR count). The summed E-state index contributed by atoms with van der Waals surface area (Å²) in [6.45, 7) is 13.5. The van der Waals surface area contributed by atoms with E-state index in [1.54, 1.807) is 0 Å². The molecule has 0 heterocycles. The fraction of sp³-hybridized carbons (Fsp3) is 0.190. The first-order valence-electron chi connectivity index (χ1n) is 15.6. The highest BCUT2D eigenvalue weighted by molar-refractivity contribution is 6.44. The number of hydrogen-bond donors (Lipinski definition) is 0. The zero-order valence-electron chi connectivity index (χ0n) is 26.7. The highest BCUT2D eigenvalue weighted by Gasteiger charge is 2.25. The quantitative estimate of drug-likeness (QED) is 0.176. The third-order valence-corrected chi connectivity index (χ3v) is 9.89. The Hall–Kier alpha value is -4.04. The van der Waals surface area contributed by atoms with Gasteiger partial charge < -0.3 is 4.90 Å². The van der Waals surface area contributed by atoms with Gasteiger partial charge in [0.15, 0.2) is 0 Å². The van der Waals surface area contributed by atoms with Gasteiger partial charge in [-0.05, 0) is 96.2 Å². The van der Waals surface area contributed by atoms with Crippen LogP contribution in [-0.4, -0.2) is 0 Å². The highest BCUT2D eigenvalue weighted by Crippen LogP contribution is 2.48. The first-order valence-corrected chi connectivity index (χ1v) is 16.3. The van der Waals surface area contributed by atoms with Gasteiger partial charge in [0.2, 0.25) is 0 Å². The molecule has 0 fully saturated rings. The van der Waals surface area contributed by atoms with E-state index in [-0.39, 0.29) is 10.8 Å². The molecule has 0 saturated carbocycles. The van der Waals surface area contributed by atoms with Gasteiger partial charge in [-0.2, -0.15) is 0 Å². The Balaban J connectivity index is 1.56. The second-order valence-corrected chi connectivity index (χ2v) is 14.9. The van der Waals surface area contributed by atoms with Crippen LogP contribution in [-0.2, 0) is 10.8 Å². The van der Waals surface area contributed by atoms with Crippen molar-refractivity contribution in [3.05, 3.63) is 136 Å². The van der Waals surface area contributed by atoms with E-state index in [1.807, 2.05) is 12.1 Å². The third-order valence-electron chi connectivity index (χ3n) is 9.09. The standard InChI is InChI=1S/C42H37Cl2N/c1-41(2,3)29-17-20-31(21-18-29)45(37-12-8-11-35(43)40(37)44)36-24-19-30(42(4,5)6)25-34(36)32-22-15-28-14-13-26-9-7-10-27-16-23-33(32)39(28)38(26)27/h7-25H,1-6H3. The van der Waals surface area contributed by atoms with Crippen molar-refractivity contribution in [1.82, 2.24) is 0 Å². The summed E-state index contributed by atoms with van der Waals surface area (Å²) in [6.07, 6.45) is 0. The van der Waals surface area contributed by atoms with Crippen LogP contribution < -0.4 is 4.90 Å². The Morgan fingerprint density at radius 1 is 0.489 bits per heavy atom. The Kier molecular flexibility index (Phi) is 7.11. The summed E-state index contributed by atoms with van der Waals surface area (Å²) in [5.74, 6) is 0. The molecule has 3 heteroatoms. The van der Waals surface area contributed by atoms with E-state index >= 15 is 0 Å². The second kappa shape index (κ2) is 10.8. The highest BCUT2D eigenvalue weighted by atomic mass is 35.5. The topological polar surface area (TPSA) is 3.24 Å². The van der Waals surface area contributed by atoms with E-state index in [9.17, 15) is 0 Å². The van der Waals surface area contributed by atoms with Crippen LogP contribution in [0.3, 0.4) is 0 Å². The lowest BCUT2D eigenvalue weighted by Gasteiger charge is -2.31. The van der Waals surface area contributed by atoms with Crippen LogP contribution in [0.1, 0.15) is 52.7 Å². The van der Waals surface area contributed by atoms with Crippen molar-refractivity contribution >= 4 is 72.6 Å². The van der Waals surface area contributed by atoms with Crippen molar-refractivity contribution in [2.75, 3.05) is 4.90 Å². The Labute approximate surface area is 276 Å². The van der Waals surface area contributed by atoms with E-state index in [1.165, 1.54) is 49.0 Å². The number of nitrogens with zero attached hydrogens (tertiary/aromatic N) is 1. The molecule has 0 spiro atoms. The van der Waals surface area contributed by atoms with E-state index in [4.69, 9.17) is 23.2 Å². The molecule has 45 heavy (non-hydrogen) atoms. The van der Waals surface area contributed by atoms with Crippen molar-refractivity contribution in [3.63, 3.8) is 0 Å². The minimum absolute atomic E-state index is 0.0377. The molecule has 0 atom stereocenters. The normalized spacial score (nSPS) is 12.4. The van der Waals surface area contributed by atoms with Crippen molar-refractivity contribution in [3.8, 4) is 11.1 Å². The first-order chi connectivity index (χ1) is 21.4. The second-order valence-electron chi connectivity index (χ2n) is 14.2. The van der Waals surface area contributed by atoms with Gasteiger partial charge in [-0.3, -0.25) is 0 Å². The molecule has 1 nitrogen and oxygen atoms in total. The number of rotatable bonds is 4. The van der Waals surface area contributed by atoms with Crippen molar-refractivity contribution < 1.29 is 0 Å². The molecule has 0 aromatic heterocycles. The summed E-state index contributed by atoms with van der Waals surface area (Å²) >= 11 is 13.7. The van der Waals surface area contributed by atoms with Crippen LogP contribution in [0.5, 0.6) is 0 Å². The summed E-state index contributed by atoms with van der Waals surface area (Å²) in [5.41, 5.74) is 7.80. The Morgan fingerprint density at radius 2 is 1.07 bits per heavy atom. The number of anilines is 3. The lowest BCUT2D eigenvalue weighted by molar-refractivity contribution is 0.590. The monoisotopic (exact) mass is 625 g/mol. The number of hydrogen-bond acceptors (Lipinski definition) is 1. The Morgan fingerprint density at radius 3 is 1.73 bits per heavy atom. The van der Waals surface area contributed by atoms with Crippen molar-refractivity contribution in [2.45, 2.75) is 52.4 Å². The van der Waals surface area contributed by atoms with E-state index < -0.39 is 0 Å². The summed E-state index contributed by atoms with van der Waals surface area (Å²) < 4.78 is 0. The molecule has 7 aromatic carbocycles. The summed E-state index contributed by atoms with van der Waals surface area (Å²) in [4.78, 5) is 2.26. The predicted molar refractivity (Wildman–Crippen MR) is 198 cm³/mol. The molecule has 0 saturated heterocycles. The van der Waals surface area contributed by atoms with Crippen LogP contribution in [0.15, 0.2) is 115 Å². The third kappa shape index (κ3) is 5.13. The van der Waals surface area contributed by atoms with Crippen LogP contribution in [0, 0.1) is 0 Å². The SMILES string of the molecule is CC(C)(C)c1ccc(N(c2ccc(C(C)(C)C)cc2-c2ccc3ccc4cccc5ccc2c3c45)c2cccc(Cl)c2Cl)cc1. The molecule has 0 aliphatic heterocycles. The fourth-order valence-corrected chi connectivity index (χ4v) is 6.95. The molecule has 0 unspecified atom stereocenters. The minimum atomic E-state index is -0.0377. The van der Waals surface area contributed by atoms with Gasteiger partial charge in [-0.1, -0.05) is 144 Å². The molecule has 0 bridgehead atoms. The lowest BCUT2D eigenvalue weighted by Crippen LogP contribution is -2.16. The minimum Gasteiger partial charge on any atom is -0.308 e. The van der Waals surface area contributed by atoms with E-state index in [0.717, 1.165) is 22.6 Å². The molecule has 7 aromatic rings. The Bertz CT molecular complexity index is 2180. The van der Waals surface area contributed by atoms with Gasteiger partial charge in [0.05, 0.1) is 21.4 Å². The van der Waals surface area contributed by atoms with Gasteiger partial charge in [-0.25, -0.2) is 0 Å². The molecule has 0 aliphatic carbocycles. The smallest absolute Gasteiger partial charge is 0.0832 e. The molecular formula is C42H37Cl2N. The van der Waals surface area contributed by atoms with E-state index in [2.05, 4.69) is 150 Å². The molecule has 0 N–H and O–H groups in total. The zero-order valence-corrected chi connectivity index (χ0v) is 28.2. The largest absolute Gasteiger partial charge is 0.308 e. The summed E-state index contributed by atoms with van der Waals surface area (Å²) in [6, 6.07) is 41.7. The van der Waals surface area contributed by atoms with Crippen LogP contribution >= 0.6 is 23.2 Å². The van der Waals surface area contributed by atoms with Gasteiger partial charge in [0.25, 0.3) is 0 Å². The van der Waals surface area contributed by atoms with E-state index in [0.29, 0.717) is 10.0 Å². The average Bonchev–Trinajstić information content (AvgIpc) is 3.01. The summed E-state index contributed by atoms with van der Waals surface area (Å²) in [5, 5.41) is 8.69. The fourth-order valence-electron chi connectivity index (χ4n) is 6.57. The van der Waals surface area contributed by atoms with Crippen molar-refractivity contribution in [2.24, 2.45) is 0 Å². The maximum atomic E-state index is 7.02. The predicted octanol–water partition coefficient (Wildman–Crippen LogP) is 13.6.